The fourth-order valence-corrected chi connectivity index (χ4v) is 2.63. The van der Waals surface area contributed by atoms with Crippen LogP contribution in [0.3, 0.4) is 0 Å². The third-order valence-corrected chi connectivity index (χ3v) is 3.63. The highest BCUT2D eigenvalue weighted by atomic mass is 16.6. The topological polar surface area (TPSA) is 84.9 Å². The number of hydrogen-bond donors (Lipinski definition) is 1. The van der Waals surface area contributed by atoms with Crippen LogP contribution in [-0.4, -0.2) is 54.2 Å². The van der Waals surface area contributed by atoms with Crippen molar-refractivity contribution in [2.75, 3.05) is 20.2 Å². The Morgan fingerprint density at radius 1 is 1.35 bits per heavy atom. The molecule has 1 aliphatic heterocycles. The number of likely N-dealkylation sites (tertiary alicyclic amines) is 1. The number of nitrogens with zero attached hydrogens (tertiary/aromatic N) is 1. The van der Waals surface area contributed by atoms with Gasteiger partial charge in [-0.3, -0.25) is 14.5 Å². The van der Waals surface area contributed by atoms with E-state index in [2.05, 4.69) is 16.6 Å². The van der Waals surface area contributed by atoms with E-state index in [0.29, 0.717) is 25.8 Å². The summed E-state index contributed by atoms with van der Waals surface area (Å²) in [5.74, 6) is -0.944. The maximum atomic E-state index is 12.6. The number of rotatable bonds is 5. The molecule has 0 aromatic heterocycles. The van der Waals surface area contributed by atoms with E-state index in [9.17, 15) is 14.4 Å². The number of esters is 1. The van der Waals surface area contributed by atoms with Gasteiger partial charge in [-0.25, -0.2) is 4.79 Å². The molecule has 0 aliphatic carbocycles. The number of ether oxygens (including phenoxy) is 2. The number of nitrogens with one attached hydrogen (secondary N) is 1. The molecule has 0 bridgehead atoms. The largest absolute Gasteiger partial charge is 0.468 e. The Morgan fingerprint density at radius 2 is 2.00 bits per heavy atom. The quantitative estimate of drug-likeness (QED) is 0.613. The average molecular weight is 326 g/mol. The number of carbonyl (C=O) groups is 3. The van der Waals surface area contributed by atoms with Crippen molar-refractivity contribution in [3.05, 3.63) is 12.7 Å². The summed E-state index contributed by atoms with van der Waals surface area (Å²) in [4.78, 5) is 37.8. The van der Waals surface area contributed by atoms with E-state index < -0.39 is 29.1 Å². The molecule has 0 spiro atoms. The van der Waals surface area contributed by atoms with Gasteiger partial charge >= 0.3 is 12.1 Å². The third kappa shape index (κ3) is 4.71. The molecule has 0 aromatic carbocycles. The van der Waals surface area contributed by atoms with E-state index in [1.54, 1.807) is 26.8 Å². The number of methoxy groups -OCH3 is 1. The van der Waals surface area contributed by atoms with Crippen molar-refractivity contribution in [3.63, 3.8) is 0 Å². The standard InChI is InChI=1S/C16H26N2O5/c1-6-8-16(13(20)17-11-12(19)22-5)9-7-10-18(16)14(21)23-15(2,3)4/h6H,1,7-11H2,2-5H3,(H,17,20)/t16-/m0/s1. The Hall–Kier alpha value is -2.05. The van der Waals surface area contributed by atoms with Gasteiger partial charge in [0, 0.05) is 6.54 Å². The minimum Gasteiger partial charge on any atom is -0.468 e. The van der Waals surface area contributed by atoms with Gasteiger partial charge in [0.1, 0.15) is 17.7 Å². The summed E-state index contributed by atoms with van der Waals surface area (Å²) in [7, 11) is 1.25. The van der Waals surface area contributed by atoms with Gasteiger partial charge in [0.15, 0.2) is 0 Å². The molecule has 0 saturated carbocycles. The van der Waals surface area contributed by atoms with Gasteiger partial charge in [-0.05, 0) is 40.0 Å². The Labute approximate surface area is 137 Å². The Morgan fingerprint density at radius 3 is 2.52 bits per heavy atom. The van der Waals surface area contributed by atoms with Gasteiger partial charge in [-0.15, -0.1) is 6.58 Å². The summed E-state index contributed by atoms with van der Waals surface area (Å²) in [6.45, 7) is 9.18. The van der Waals surface area contributed by atoms with Crippen LogP contribution in [0.5, 0.6) is 0 Å². The van der Waals surface area contributed by atoms with Crippen molar-refractivity contribution in [1.82, 2.24) is 10.2 Å². The molecule has 2 amide bonds. The second kappa shape index (κ2) is 7.48. The summed E-state index contributed by atoms with van der Waals surface area (Å²) in [5, 5.41) is 2.54. The van der Waals surface area contributed by atoms with E-state index in [0.717, 1.165) is 0 Å². The van der Waals surface area contributed by atoms with Gasteiger partial charge < -0.3 is 14.8 Å². The van der Waals surface area contributed by atoms with Crippen LogP contribution in [0.15, 0.2) is 12.7 Å². The first-order valence-electron chi connectivity index (χ1n) is 7.63. The lowest BCUT2D eigenvalue weighted by atomic mass is 9.91. The average Bonchev–Trinajstić information content (AvgIpc) is 2.88. The summed E-state index contributed by atoms with van der Waals surface area (Å²) in [5.41, 5.74) is -1.72. The van der Waals surface area contributed by atoms with Crippen LogP contribution in [0.25, 0.3) is 0 Å². The van der Waals surface area contributed by atoms with Crippen molar-refractivity contribution in [2.45, 2.75) is 51.2 Å². The second-order valence-electron chi connectivity index (χ2n) is 6.52. The van der Waals surface area contributed by atoms with Crippen molar-refractivity contribution in [3.8, 4) is 0 Å². The molecule has 23 heavy (non-hydrogen) atoms. The Balaban J connectivity index is 2.96. The minimum atomic E-state index is -1.07. The lowest BCUT2D eigenvalue weighted by molar-refractivity contribution is -0.142. The Bertz CT molecular complexity index is 483. The molecule has 1 fully saturated rings. The zero-order valence-electron chi connectivity index (χ0n) is 14.3. The summed E-state index contributed by atoms with van der Waals surface area (Å²) < 4.78 is 9.92. The van der Waals surface area contributed by atoms with Crippen molar-refractivity contribution in [2.24, 2.45) is 0 Å². The van der Waals surface area contributed by atoms with Gasteiger partial charge in [0.05, 0.1) is 7.11 Å². The molecule has 0 radical (unpaired) electrons. The van der Waals surface area contributed by atoms with Crippen molar-refractivity contribution in [1.29, 1.82) is 0 Å². The van der Waals surface area contributed by atoms with E-state index >= 15 is 0 Å². The summed E-state index contributed by atoms with van der Waals surface area (Å²) >= 11 is 0. The smallest absolute Gasteiger partial charge is 0.411 e. The molecule has 1 rings (SSSR count). The molecule has 0 aromatic rings. The number of amides is 2. The first-order chi connectivity index (χ1) is 10.7. The lowest BCUT2D eigenvalue weighted by Crippen LogP contribution is -2.58. The summed E-state index contributed by atoms with van der Waals surface area (Å²) in [6.07, 6.45) is 2.52. The van der Waals surface area contributed by atoms with Gasteiger partial charge in [0.25, 0.3) is 0 Å². The van der Waals surface area contributed by atoms with Crippen LogP contribution in [0.1, 0.15) is 40.0 Å². The van der Waals surface area contributed by atoms with E-state index in [4.69, 9.17) is 4.74 Å². The summed E-state index contributed by atoms with van der Waals surface area (Å²) in [6, 6.07) is 0. The SMILES string of the molecule is C=CC[C@@]1(C(=O)NCC(=O)OC)CCCN1C(=O)OC(C)(C)C. The van der Waals surface area contributed by atoms with Gasteiger partial charge in [0.2, 0.25) is 5.91 Å². The van der Waals surface area contributed by atoms with E-state index in [1.807, 2.05) is 0 Å². The Kier molecular flexibility index (Phi) is 6.18. The molecule has 1 atom stereocenters. The zero-order valence-corrected chi connectivity index (χ0v) is 14.3. The van der Waals surface area contributed by atoms with Crippen LogP contribution >= 0.6 is 0 Å². The molecule has 7 nitrogen and oxygen atoms in total. The maximum Gasteiger partial charge on any atom is 0.411 e. The van der Waals surface area contributed by atoms with Gasteiger partial charge in [-0.1, -0.05) is 6.08 Å². The third-order valence-electron chi connectivity index (χ3n) is 3.63. The molecular weight excluding hydrogens is 300 g/mol. The molecule has 1 heterocycles. The van der Waals surface area contributed by atoms with Crippen LogP contribution < -0.4 is 5.32 Å². The monoisotopic (exact) mass is 326 g/mol. The predicted molar refractivity (Wildman–Crippen MR) is 84.7 cm³/mol. The second-order valence-corrected chi connectivity index (χ2v) is 6.52. The molecular formula is C16H26N2O5. The minimum absolute atomic E-state index is 0.240. The fraction of sp³-hybridized carbons (Fsp3) is 0.688. The molecule has 1 aliphatic rings. The van der Waals surface area contributed by atoms with Crippen LogP contribution in [0.2, 0.25) is 0 Å². The van der Waals surface area contributed by atoms with Crippen molar-refractivity contribution < 1.29 is 23.9 Å². The highest BCUT2D eigenvalue weighted by Crippen LogP contribution is 2.34. The van der Waals surface area contributed by atoms with Crippen LogP contribution in [0, 0.1) is 0 Å². The number of hydrogen-bond acceptors (Lipinski definition) is 5. The lowest BCUT2D eigenvalue weighted by Gasteiger charge is -2.37. The van der Waals surface area contributed by atoms with Crippen LogP contribution in [-0.2, 0) is 19.1 Å². The molecule has 7 heteroatoms. The van der Waals surface area contributed by atoms with E-state index in [1.165, 1.54) is 12.0 Å². The zero-order chi connectivity index (χ0) is 17.7. The molecule has 0 unspecified atom stereocenters. The highest BCUT2D eigenvalue weighted by molar-refractivity contribution is 5.92. The predicted octanol–water partition coefficient (Wildman–Crippen LogP) is 1.62. The molecule has 130 valence electrons. The first kappa shape index (κ1) is 19.0. The molecule has 1 saturated heterocycles. The van der Waals surface area contributed by atoms with Crippen LogP contribution in [0.4, 0.5) is 4.79 Å². The first-order valence-corrected chi connectivity index (χ1v) is 7.63. The normalized spacial score (nSPS) is 20.8. The fourth-order valence-electron chi connectivity index (χ4n) is 2.63. The maximum absolute atomic E-state index is 12.6. The molecule has 1 N–H and O–H groups in total. The van der Waals surface area contributed by atoms with Crippen molar-refractivity contribution >= 4 is 18.0 Å². The van der Waals surface area contributed by atoms with E-state index in [-0.39, 0.29) is 6.54 Å². The van der Waals surface area contributed by atoms with Gasteiger partial charge in [-0.2, -0.15) is 0 Å². The highest BCUT2D eigenvalue weighted by Gasteiger charge is 2.50. The number of carbonyl (C=O) groups excluding carboxylic acids is 3.